The van der Waals surface area contributed by atoms with Gasteiger partial charge in [-0.3, -0.25) is 4.98 Å². The normalized spacial score (nSPS) is 12.3. The lowest BCUT2D eigenvalue weighted by molar-refractivity contribution is 0.174. The minimum atomic E-state index is 0.225. The van der Waals surface area contributed by atoms with E-state index in [-0.39, 0.29) is 6.79 Å². The van der Waals surface area contributed by atoms with Gasteiger partial charge in [-0.2, -0.15) is 0 Å². The van der Waals surface area contributed by atoms with Gasteiger partial charge in [-0.25, -0.2) is 4.68 Å². The van der Waals surface area contributed by atoms with Gasteiger partial charge in [-0.15, -0.1) is 5.10 Å². The number of pyridine rings is 1. The Kier molecular flexibility index (Phi) is 3.23. The fourth-order valence-electron chi connectivity index (χ4n) is 2.47. The molecule has 0 amide bonds. The number of ether oxygens (including phenoxy) is 2. The molecule has 1 aliphatic heterocycles. The average molecular weight is 307 g/mol. The lowest BCUT2D eigenvalue weighted by atomic mass is 10.1. The van der Waals surface area contributed by atoms with E-state index in [4.69, 9.17) is 14.9 Å². The lowest BCUT2D eigenvalue weighted by Gasteiger charge is -2.04. The molecule has 3 heterocycles. The third kappa shape index (κ3) is 2.42. The fourth-order valence-corrected chi connectivity index (χ4v) is 2.47. The Morgan fingerprint density at radius 1 is 1.17 bits per heavy atom. The van der Waals surface area contributed by atoms with Crippen LogP contribution < -0.4 is 9.47 Å². The quantitative estimate of drug-likeness (QED) is 0.746. The Balaban J connectivity index is 1.71. The van der Waals surface area contributed by atoms with Crippen LogP contribution in [0.25, 0.3) is 11.3 Å². The summed E-state index contributed by atoms with van der Waals surface area (Å²) in [6.07, 6.45) is 2.98. The highest BCUT2D eigenvalue weighted by Gasteiger charge is 2.18. The van der Waals surface area contributed by atoms with E-state index in [0.717, 1.165) is 11.3 Å². The summed E-state index contributed by atoms with van der Waals surface area (Å²) in [5, 5.41) is 16.1. The molecule has 2 aromatic heterocycles. The summed E-state index contributed by atoms with van der Waals surface area (Å²) in [6, 6.07) is 11.3. The van der Waals surface area contributed by atoms with Gasteiger partial charge in [0.25, 0.3) is 0 Å². The van der Waals surface area contributed by atoms with Gasteiger partial charge in [-0.1, -0.05) is 11.3 Å². The summed E-state index contributed by atoms with van der Waals surface area (Å²) in [4.78, 5) is 4.28. The predicted octanol–water partition coefficient (Wildman–Crippen LogP) is 2.11. The van der Waals surface area contributed by atoms with Gasteiger partial charge in [-0.05, 0) is 30.3 Å². The number of benzene rings is 1. The molecular formula is C16H13N5O2. The molecule has 1 aliphatic rings. The van der Waals surface area contributed by atoms with E-state index >= 15 is 0 Å². The molecule has 0 fully saturated rings. The van der Waals surface area contributed by atoms with E-state index < -0.39 is 0 Å². The van der Waals surface area contributed by atoms with Crippen LogP contribution in [0, 0.1) is 5.41 Å². The standard InChI is InChI=1S/C16H13N5O2/c17-8-13-16(11-4-5-14-15(7-11)23-10-22-14)19-20-21(13)9-12-3-1-2-6-18-12/h1-8,17H,9-10H2. The summed E-state index contributed by atoms with van der Waals surface area (Å²) in [5.41, 5.74) is 2.95. The number of hydrogen-bond acceptors (Lipinski definition) is 6. The van der Waals surface area contributed by atoms with Gasteiger partial charge >= 0.3 is 0 Å². The summed E-state index contributed by atoms with van der Waals surface area (Å²) in [5.74, 6) is 1.39. The van der Waals surface area contributed by atoms with Crippen molar-refractivity contribution in [3.8, 4) is 22.8 Å². The average Bonchev–Trinajstić information content (AvgIpc) is 3.21. The van der Waals surface area contributed by atoms with Crippen molar-refractivity contribution in [2.45, 2.75) is 6.54 Å². The Bertz CT molecular complexity index is 860. The van der Waals surface area contributed by atoms with Crippen LogP contribution in [-0.4, -0.2) is 33.0 Å². The van der Waals surface area contributed by atoms with E-state index in [1.807, 2.05) is 36.4 Å². The van der Waals surface area contributed by atoms with Crippen LogP contribution in [0.2, 0.25) is 0 Å². The largest absolute Gasteiger partial charge is 0.454 e. The molecule has 0 saturated carbocycles. The van der Waals surface area contributed by atoms with Gasteiger partial charge < -0.3 is 14.9 Å². The number of fused-ring (bicyclic) bond motifs is 1. The number of aromatic nitrogens is 4. The van der Waals surface area contributed by atoms with Crippen molar-refractivity contribution < 1.29 is 9.47 Å². The maximum atomic E-state index is 7.71. The van der Waals surface area contributed by atoms with Crippen LogP contribution >= 0.6 is 0 Å². The van der Waals surface area contributed by atoms with Crippen molar-refractivity contribution in [1.82, 2.24) is 20.0 Å². The Hall–Kier alpha value is -3.22. The first-order chi connectivity index (χ1) is 11.3. The number of nitrogens with zero attached hydrogens (tertiary/aromatic N) is 4. The molecule has 0 unspecified atom stereocenters. The summed E-state index contributed by atoms with van der Waals surface area (Å²) < 4.78 is 12.4. The van der Waals surface area contributed by atoms with Crippen molar-refractivity contribution in [1.29, 1.82) is 5.41 Å². The highest BCUT2D eigenvalue weighted by molar-refractivity contribution is 5.85. The molecule has 0 bridgehead atoms. The molecule has 0 saturated heterocycles. The third-order valence-corrected chi connectivity index (χ3v) is 3.59. The number of rotatable bonds is 4. The number of nitrogens with one attached hydrogen (secondary N) is 1. The molecule has 7 nitrogen and oxygen atoms in total. The molecule has 0 spiro atoms. The van der Waals surface area contributed by atoms with E-state index in [2.05, 4.69) is 15.3 Å². The van der Waals surface area contributed by atoms with E-state index in [9.17, 15) is 0 Å². The second kappa shape index (κ2) is 5.53. The van der Waals surface area contributed by atoms with Crippen LogP contribution in [0.4, 0.5) is 0 Å². The summed E-state index contributed by atoms with van der Waals surface area (Å²) in [7, 11) is 0. The zero-order chi connectivity index (χ0) is 15.6. The molecule has 7 heteroatoms. The fraction of sp³-hybridized carbons (Fsp3) is 0.125. The first-order valence-corrected chi connectivity index (χ1v) is 7.09. The van der Waals surface area contributed by atoms with Gasteiger partial charge in [0.15, 0.2) is 11.5 Å². The van der Waals surface area contributed by atoms with Crippen LogP contribution in [0.15, 0.2) is 42.6 Å². The lowest BCUT2D eigenvalue weighted by Crippen LogP contribution is -2.07. The monoisotopic (exact) mass is 307 g/mol. The zero-order valence-corrected chi connectivity index (χ0v) is 12.1. The molecule has 4 rings (SSSR count). The van der Waals surface area contributed by atoms with Gasteiger partial charge in [0.2, 0.25) is 6.79 Å². The summed E-state index contributed by atoms with van der Waals surface area (Å²) >= 11 is 0. The van der Waals surface area contributed by atoms with Crippen molar-refractivity contribution in [3.63, 3.8) is 0 Å². The Morgan fingerprint density at radius 3 is 2.91 bits per heavy atom. The van der Waals surface area contributed by atoms with E-state index in [0.29, 0.717) is 29.4 Å². The molecule has 3 aromatic rings. The SMILES string of the molecule is N=Cc1c(-c2ccc3c(c2)OCO3)nnn1Cc1ccccn1. The van der Waals surface area contributed by atoms with E-state index in [1.54, 1.807) is 10.9 Å². The van der Waals surface area contributed by atoms with Crippen LogP contribution in [0.1, 0.15) is 11.4 Å². The highest BCUT2D eigenvalue weighted by Crippen LogP contribution is 2.35. The molecule has 0 atom stereocenters. The van der Waals surface area contributed by atoms with Gasteiger partial charge in [0, 0.05) is 18.0 Å². The van der Waals surface area contributed by atoms with Crippen molar-refractivity contribution >= 4 is 6.21 Å². The minimum absolute atomic E-state index is 0.225. The maximum Gasteiger partial charge on any atom is 0.231 e. The first-order valence-electron chi connectivity index (χ1n) is 7.09. The second-order valence-corrected chi connectivity index (χ2v) is 5.01. The van der Waals surface area contributed by atoms with Gasteiger partial charge in [0.05, 0.1) is 12.2 Å². The molecule has 0 radical (unpaired) electrons. The van der Waals surface area contributed by atoms with Gasteiger partial charge in [0.1, 0.15) is 11.4 Å². The van der Waals surface area contributed by atoms with Crippen molar-refractivity contribution in [2.24, 2.45) is 0 Å². The molecule has 114 valence electrons. The zero-order valence-electron chi connectivity index (χ0n) is 12.1. The first kappa shape index (κ1) is 13.4. The maximum absolute atomic E-state index is 7.71. The predicted molar refractivity (Wildman–Crippen MR) is 82.8 cm³/mol. The van der Waals surface area contributed by atoms with Crippen molar-refractivity contribution in [2.75, 3.05) is 6.79 Å². The summed E-state index contributed by atoms with van der Waals surface area (Å²) in [6.45, 7) is 0.686. The van der Waals surface area contributed by atoms with Crippen molar-refractivity contribution in [3.05, 3.63) is 54.0 Å². The minimum Gasteiger partial charge on any atom is -0.454 e. The smallest absolute Gasteiger partial charge is 0.231 e. The molecule has 1 N–H and O–H groups in total. The molecule has 1 aromatic carbocycles. The molecular weight excluding hydrogens is 294 g/mol. The van der Waals surface area contributed by atoms with Crippen LogP contribution in [0.3, 0.4) is 0 Å². The number of hydrogen-bond donors (Lipinski definition) is 1. The highest BCUT2D eigenvalue weighted by atomic mass is 16.7. The van der Waals surface area contributed by atoms with E-state index in [1.165, 1.54) is 6.21 Å². The molecule has 0 aliphatic carbocycles. The van der Waals surface area contributed by atoms with Crippen LogP contribution in [-0.2, 0) is 6.54 Å². The second-order valence-electron chi connectivity index (χ2n) is 5.01. The Labute approximate surface area is 132 Å². The molecule has 23 heavy (non-hydrogen) atoms. The Morgan fingerprint density at radius 2 is 2.09 bits per heavy atom. The third-order valence-electron chi connectivity index (χ3n) is 3.59. The van der Waals surface area contributed by atoms with Crippen LogP contribution in [0.5, 0.6) is 11.5 Å². The topological polar surface area (TPSA) is 85.9 Å².